The Morgan fingerprint density at radius 2 is 1.80 bits per heavy atom. The number of carbonyl (C=O) groups is 2. The van der Waals surface area contributed by atoms with Crippen molar-refractivity contribution in [2.45, 2.75) is 13.3 Å². The number of para-hydroxylation sites is 2. The molecule has 1 aliphatic heterocycles. The van der Waals surface area contributed by atoms with E-state index in [1.807, 2.05) is 79.7 Å². The lowest BCUT2D eigenvalue weighted by molar-refractivity contribution is -0.120. The average Bonchev–Trinajstić information content (AvgIpc) is 2.88. The van der Waals surface area contributed by atoms with E-state index in [9.17, 15) is 9.59 Å². The molecular weight excluding hydrogens is 442 g/mol. The van der Waals surface area contributed by atoms with Crippen LogP contribution >= 0.6 is 15.9 Å². The van der Waals surface area contributed by atoms with Gasteiger partial charge in [-0.25, -0.2) is 0 Å². The minimum Gasteiger partial charge on any atom is -0.324 e. The molecule has 6 heteroatoms. The third kappa shape index (κ3) is 4.33. The maximum Gasteiger partial charge on any atom is 0.244 e. The summed E-state index contributed by atoms with van der Waals surface area (Å²) >= 11 is 3.47. The lowest BCUT2D eigenvalue weighted by atomic mass is 10.1. The molecule has 3 aromatic carbocycles. The van der Waals surface area contributed by atoms with Crippen molar-refractivity contribution in [2.24, 2.45) is 4.99 Å². The van der Waals surface area contributed by atoms with E-state index in [1.165, 1.54) is 4.90 Å². The van der Waals surface area contributed by atoms with Crippen molar-refractivity contribution in [3.05, 3.63) is 88.4 Å². The van der Waals surface area contributed by atoms with Crippen LogP contribution in [0.2, 0.25) is 0 Å². The summed E-state index contributed by atoms with van der Waals surface area (Å²) < 4.78 is 0.799. The highest BCUT2D eigenvalue weighted by Crippen LogP contribution is 2.33. The fourth-order valence-corrected chi connectivity index (χ4v) is 3.96. The van der Waals surface area contributed by atoms with Gasteiger partial charge in [-0.05, 0) is 58.2 Å². The van der Waals surface area contributed by atoms with Crippen molar-refractivity contribution in [3.8, 4) is 0 Å². The molecule has 1 aliphatic rings. The number of aryl methyl sites for hydroxylation is 1. The zero-order chi connectivity index (χ0) is 21.1. The Bertz CT molecular complexity index is 1140. The van der Waals surface area contributed by atoms with Crippen LogP contribution in [0.15, 0.2) is 82.3 Å². The summed E-state index contributed by atoms with van der Waals surface area (Å²) in [5.74, 6) is -0.438. The molecule has 0 aromatic heterocycles. The summed E-state index contributed by atoms with van der Waals surface area (Å²) in [5, 5.41) is 2.88. The number of aliphatic imine (C=N–C) groups is 1. The van der Waals surface area contributed by atoms with Gasteiger partial charge in [0, 0.05) is 4.47 Å². The molecule has 2 amide bonds. The van der Waals surface area contributed by atoms with Crippen LogP contribution in [0.25, 0.3) is 0 Å². The van der Waals surface area contributed by atoms with Crippen molar-refractivity contribution in [1.82, 2.24) is 0 Å². The molecule has 0 unspecified atom stereocenters. The van der Waals surface area contributed by atoms with E-state index >= 15 is 0 Å². The molecule has 4 rings (SSSR count). The minimum absolute atomic E-state index is 0.0895. The van der Waals surface area contributed by atoms with Crippen LogP contribution in [-0.2, 0) is 9.59 Å². The second-order valence-corrected chi connectivity index (χ2v) is 7.96. The predicted octanol–water partition coefficient (Wildman–Crippen LogP) is 5.25. The smallest absolute Gasteiger partial charge is 0.244 e. The van der Waals surface area contributed by atoms with Crippen molar-refractivity contribution in [3.63, 3.8) is 0 Å². The lowest BCUT2D eigenvalue weighted by Gasteiger charge is -2.22. The van der Waals surface area contributed by atoms with E-state index in [-0.39, 0.29) is 24.8 Å². The molecule has 0 spiro atoms. The summed E-state index contributed by atoms with van der Waals surface area (Å²) in [6.07, 6.45) is 0.125. The molecule has 150 valence electrons. The number of nitrogens with one attached hydrogen (secondary N) is 1. The van der Waals surface area contributed by atoms with E-state index in [2.05, 4.69) is 21.2 Å². The molecule has 1 heterocycles. The van der Waals surface area contributed by atoms with Gasteiger partial charge in [0.25, 0.3) is 0 Å². The highest BCUT2D eigenvalue weighted by atomic mass is 79.9. The SMILES string of the molecule is Cc1ccc(NC(=O)CN2C(=O)CC(c3ccccc3)=Nc3ccccc32)c(Br)c1. The van der Waals surface area contributed by atoms with Crippen LogP contribution in [0.1, 0.15) is 17.5 Å². The zero-order valence-electron chi connectivity index (χ0n) is 16.4. The van der Waals surface area contributed by atoms with Gasteiger partial charge in [-0.15, -0.1) is 0 Å². The van der Waals surface area contributed by atoms with Crippen molar-refractivity contribution in [1.29, 1.82) is 0 Å². The van der Waals surface area contributed by atoms with E-state index < -0.39 is 0 Å². The molecule has 30 heavy (non-hydrogen) atoms. The number of anilines is 2. The van der Waals surface area contributed by atoms with Crippen LogP contribution in [0, 0.1) is 6.92 Å². The predicted molar refractivity (Wildman–Crippen MR) is 124 cm³/mol. The highest BCUT2D eigenvalue weighted by Gasteiger charge is 2.26. The maximum atomic E-state index is 13.1. The first kappa shape index (κ1) is 20.0. The fourth-order valence-electron chi connectivity index (χ4n) is 3.37. The number of hydrogen-bond donors (Lipinski definition) is 1. The quantitative estimate of drug-likeness (QED) is 0.576. The molecule has 0 atom stereocenters. The Morgan fingerprint density at radius 1 is 1.07 bits per heavy atom. The molecule has 0 bridgehead atoms. The van der Waals surface area contributed by atoms with Crippen molar-refractivity contribution in [2.75, 3.05) is 16.8 Å². The number of hydrogen-bond acceptors (Lipinski definition) is 3. The number of carbonyl (C=O) groups excluding carboxylic acids is 2. The average molecular weight is 462 g/mol. The molecule has 0 fully saturated rings. The Balaban J connectivity index is 1.60. The van der Waals surface area contributed by atoms with Gasteiger partial charge in [-0.2, -0.15) is 0 Å². The number of rotatable bonds is 4. The molecule has 1 N–H and O–H groups in total. The van der Waals surface area contributed by atoms with Crippen LogP contribution < -0.4 is 10.2 Å². The first-order valence-electron chi connectivity index (χ1n) is 9.59. The summed E-state index contributed by atoms with van der Waals surface area (Å²) in [6, 6.07) is 22.7. The molecular formula is C24H20BrN3O2. The van der Waals surface area contributed by atoms with E-state index in [0.29, 0.717) is 22.8 Å². The number of benzene rings is 3. The van der Waals surface area contributed by atoms with Gasteiger partial charge in [0.1, 0.15) is 6.54 Å². The summed E-state index contributed by atoms with van der Waals surface area (Å²) in [6.45, 7) is 1.89. The first-order valence-corrected chi connectivity index (χ1v) is 10.4. The zero-order valence-corrected chi connectivity index (χ0v) is 18.0. The monoisotopic (exact) mass is 461 g/mol. The van der Waals surface area contributed by atoms with Gasteiger partial charge in [0.15, 0.2) is 0 Å². The Morgan fingerprint density at radius 3 is 2.57 bits per heavy atom. The van der Waals surface area contributed by atoms with Crippen molar-refractivity contribution < 1.29 is 9.59 Å². The first-order chi connectivity index (χ1) is 14.5. The molecule has 0 saturated carbocycles. The van der Waals surface area contributed by atoms with Gasteiger partial charge in [-0.3, -0.25) is 14.6 Å². The highest BCUT2D eigenvalue weighted by molar-refractivity contribution is 9.10. The summed E-state index contributed by atoms with van der Waals surface area (Å²) in [5.41, 5.74) is 4.65. The number of fused-ring (bicyclic) bond motifs is 1. The van der Waals surface area contributed by atoms with Crippen LogP contribution in [0.5, 0.6) is 0 Å². The fraction of sp³-hybridized carbons (Fsp3) is 0.125. The Kier molecular flexibility index (Phi) is 5.77. The summed E-state index contributed by atoms with van der Waals surface area (Å²) in [4.78, 5) is 32.1. The minimum atomic E-state index is -0.272. The normalized spacial score (nSPS) is 13.3. The van der Waals surface area contributed by atoms with Crippen LogP contribution in [-0.4, -0.2) is 24.1 Å². The number of nitrogens with zero attached hydrogens (tertiary/aromatic N) is 2. The van der Waals surface area contributed by atoms with Crippen molar-refractivity contribution >= 4 is 50.5 Å². The largest absolute Gasteiger partial charge is 0.324 e. The third-order valence-corrected chi connectivity index (χ3v) is 5.51. The van der Waals surface area contributed by atoms with E-state index in [4.69, 9.17) is 4.99 Å². The van der Waals surface area contributed by atoms with Gasteiger partial charge in [0.05, 0.1) is 29.2 Å². The van der Waals surface area contributed by atoms with E-state index in [1.54, 1.807) is 0 Å². The molecule has 0 radical (unpaired) electrons. The second-order valence-electron chi connectivity index (χ2n) is 7.10. The topological polar surface area (TPSA) is 61.8 Å². The second kappa shape index (κ2) is 8.63. The number of amides is 2. The maximum absolute atomic E-state index is 13.1. The van der Waals surface area contributed by atoms with E-state index in [0.717, 1.165) is 15.6 Å². The lowest BCUT2D eigenvalue weighted by Crippen LogP contribution is -2.38. The van der Waals surface area contributed by atoms with Gasteiger partial charge < -0.3 is 10.2 Å². The Labute approximate surface area is 183 Å². The van der Waals surface area contributed by atoms with Gasteiger partial charge in [0.2, 0.25) is 11.8 Å². The van der Waals surface area contributed by atoms with Crippen LogP contribution in [0.3, 0.4) is 0 Å². The standard InChI is InChI=1S/C24H20BrN3O2/c1-16-11-12-19(18(25)13-16)27-23(29)15-28-22-10-6-5-9-20(22)26-21(14-24(28)30)17-7-3-2-4-8-17/h2-13H,14-15H2,1H3,(H,27,29). The van der Waals surface area contributed by atoms with Gasteiger partial charge >= 0.3 is 0 Å². The summed E-state index contributed by atoms with van der Waals surface area (Å²) in [7, 11) is 0. The van der Waals surface area contributed by atoms with Gasteiger partial charge in [-0.1, -0.05) is 48.5 Å². The number of halogens is 1. The molecule has 0 aliphatic carbocycles. The molecule has 5 nitrogen and oxygen atoms in total. The Hall–Kier alpha value is -3.25. The molecule has 0 saturated heterocycles. The third-order valence-electron chi connectivity index (χ3n) is 4.86. The van der Waals surface area contributed by atoms with Crippen LogP contribution in [0.4, 0.5) is 17.1 Å². The molecule has 3 aromatic rings.